The van der Waals surface area contributed by atoms with Crippen LogP contribution in [-0.4, -0.2) is 65.5 Å². The van der Waals surface area contributed by atoms with E-state index in [9.17, 15) is 22.3 Å². The summed E-state index contributed by atoms with van der Waals surface area (Å²) in [5.41, 5.74) is -1.98. The Bertz CT molecular complexity index is 1770. The van der Waals surface area contributed by atoms with Gasteiger partial charge in [-0.15, -0.1) is 0 Å². The van der Waals surface area contributed by atoms with E-state index in [1.54, 1.807) is 31.7 Å². The van der Waals surface area contributed by atoms with Crippen molar-refractivity contribution >= 4 is 56.8 Å². The van der Waals surface area contributed by atoms with Gasteiger partial charge < -0.3 is 19.1 Å². The Labute approximate surface area is 275 Å². The normalized spacial score (nSPS) is 17.6. The minimum absolute atomic E-state index is 0.0664. The molecule has 3 unspecified atom stereocenters. The van der Waals surface area contributed by atoms with Crippen LogP contribution in [-0.2, 0) is 16.0 Å². The van der Waals surface area contributed by atoms with Crippen molar-refractivity contribution in [1.82, 2.24) is 19.9 Å². The number of nitrogens with zero attached hydrogens (tertiary/aromatic N) is 6. The molecule has 1 fully saturated rings. The van der Waals surface area contributed by atoms with Gasteiger partial charge in [0.25, 0.3) is 0 Å². The Morgan fingerprint density at radius 2 is 1.70 bits per heavy atom. The molecule has 1 amide bonds. The molecule has 3 heterocycles. The van der Waals surface area contributed by atoms with Crippen LogP contribution in [0.5, 0.6) is 0 Å². The standard InChI is InChI=1S/C30H30ClF3N6O4S2/c1-16-14-38(29(41)44-30(3,4)5)15-17(2)39(16)28-37-24(26(45-28)21-12-13-35-27(31)36-21)18-8-6-11-22(23(18)34)40(46(42)43)25-19(32)9-7-10-20(25)33/h6-13,16-17H,14-15H2,1-5H3,(H,42,43)/p-1. The van der Waals surface area contributed by atoms with Crippen LogP contribution in [0.3, 0.4) is 0 Å². The number of rotatable bonds is 6. The van der Waals surface area contributed by atoms with Crippen molar-refractivity contribution in [2.24, 2.45) is 0 Å². The van der Waals surface area contributed by atoms with E-state index in [1.807, 2.05) is 18.7 Å². The molecule has 10 nitrogen and oxygen atoms in total. The fraction of sp³-hybridized carbons (Fsp3) is 0.333. The van der Waals surface area contributed by atoms with E-state index in [0.29, 0.717) is 28.8 Å². The molecule has 1 saturated heterocycles. The Kier molecular flexibility index (Phi) is 9.59. The van der Waals surface area contributed by atoms with Gasteiger partial charge in [0.1, 0.15) is 11.3 Å². The van der Waals surface area contributed by atoms with Gasteiger partial charge in [-0.2, -0.15) is 0 Å². The molecule has 2 aromatic heterocycles. The van der Waals surface area contributed by atoms with Crippen molar-refractivity contribution in [1.29, 1.82) is 0 Å². The third-order valence-corrected chi connectivity index (χ3v) is 8.96. The Balaban J connectivity index is 1.61. The third-order valence-electron chi connectivity index (χ3n) is 7.01. The molecule has 0 bridgehead atoms. The fourth-order valence-electron chi connectivity index (χ4n) is 5.23. The first-order chi connectivity index (χ1) is 21.7. The summed E-state index contributed by atoms with van der Waals surface area (Å²) in [7, 11) is 0. The molecule has 1 aliphatic heterocycles. The topological polar surface area (TPSA) is 115 Å². The second-order valence-corrected chi connectivity index (χ2v) is 13.7. The number of amides is 1. The number of halogens is 4. The van der Waals surface area contributed by atoms with E-state index < -0.39 is 51.8 Å². The summed E-state index contributed by atoms with van der Waals surface area (Å²) in [5.74, 6) is -3.49. The monoisotopic (exact) mass is 693 g/mol. The summed E-state index contributed by atoms with van der Waals surface area (Å²) in [6.45, 7) is 9.86. The van der Waals surface area contributed by atoms with Gasteiger partial charge >= 0.3 is 6.09 Å². The lowest BCUT2D eigenvalue weighted by Crippen LogP contribution is -2.58. The van der Waals surface area contributed by atoms with E-state index in [4.69, 9.17) is 21.3 Å². The van der Waals surface area contributed by atoms with Gasteiger partial charge in [-0.1, -0.05) is 23.5 Å². The van der Waals surface area contributed by atoms with E-state index in [1.165, 1.54) is 29.7 Å². The Morgan fingerprint density at radius 1 is 1.07 bits per heavy atom. The first-order valence-corrected chi connectivity index (χ1v) is 16.3. The van der Waals surface area contributed by atoms with Crippen LogP contribution >= 0.6 is 22.9 Å². The first kappa shape index (κ1) is 33.6. The van der Waals surface area contributed by atoms with Crippen molar-refractivity contribution in [2.45, 2.75) is 52.3 Å². The molecule has 0 saturated carbocycles. The van der Waals surface area contributed by atoms with Gasteiger partial charge in [-0.05, 0) is 76.6 Å². The lowest BCUT2D eigenvalue weighted by Gasteiger charge is -2.44. The highest BCUT2D eigenvalue weighted by Gasteiger charge is 2.36. The van der Waals surface area contributed by atoms with Crippen LogP contribution in [0.4, 0.5) is 34.5 Å². The minimum Gasteiger partial charge on any atom is -0.755 e. The third kappa shape index (κ3) is 6.82. The average Bonchev–Trinajstić information content (AvgIpc) is 3.38. The van der Waals surface area contributed by atoms with Crippen molar-refractivity contribution < 1.29 is 31.5 Å². The number of benzene rings is 2. The summed E-state index contributed by atoms with van der Waals surface area (Å²) in [6, 6.07) is 7.71. The molecular formula is C30H29ClF3N6O4S2-. The van der Waals surface area contributed by atoms with Gasteiger partial charge in [-0.3, -0.25) is 8.51 Å². The number of ether oxygens (including phenoxy) is 1. The second kappa shape index (κ2) is 13.1. The molecule has 5 rings (SSSR count). The number of para-hydroxylation sites is 1. The number of hydrogen-bond acceptors (Lipinski definition) is 9. The van der Waals surface area contributed by atoms with E-state index >= 15 is 4.39 Å². The summed E-state index contributed by atoms with van der Waals surface area (Å²) >= 11 is 3.98. The lowest BCUT2D eigenvalue weighted by atomic mass is 10.1. The van der Waals surface area contributed by atoms with Crippen molar-refractivity contribution in [2.75, 3.05) is 22.3 Å². The zero-order valence-corrected chi connectivity index (χ0v) is 27.7. The SMILES string of the molecule is CC1CN(C(=O)OC(C)(C)C)CC(C)N1c1nc(-c2cccc(N(c3c(F)cccc3F)S(=O)[O-])c2F)c(-c2ccnc(Cl)n2)s1. The first-order valence-electron chi connectivity index (χ1n) is 14.0. The molecular weight excluding hydrogens is 665 g/mol. The molecule has 244 valence electrons. The predicted octanol–water partition coefficient (Wildman–Crippen LogP) is 7.10. The summed E-state index contributed by atoms with van der Waals surface area (Å²) in [4.78, 5) is 29.8. The molecule has 0 spiro atoms. The molecule has 0 aliphatic carbocycles. The smallest absolute Gasteiger partial charge is 0.410 e. The lowest BCUT2D eigenvalue weighted by molar-refractivity contribution is 0.0193. The van der Waals surface area contributed by atoms with Crippen LogP contribution < -0.4 is 9.21 Å². The van der Waals surface area contributed by atoms with E-state index in [0.717, 1.165) is 24.3 Å². The van der Waals surface area contributed by atoms with Gasteiger partial charge in [0.05, 0.1) is 33.2 Å². The molecule has 3 atom stereocenters. The maximum atomic E-state index is 16.4. The van der Waals surface area contributed by atoms with Crippen LogP contribution in [0.15, 0.2) is 48.7 Å². The highest BCUT2D eigenvalue weighted by molar-refractivity contribution is 7.81. The van der Waals surface area contributed by atoms with Crippen LogP contribution in [0, 0.1) is 17.5 Å². The number of hydrogen-bond donors (Lipinski definition) is 0. The zero-order chi connectivity index (χ0) is 33.5. The van der Waals surface area contributed by atoms with Crippen molar-refractivity contribution in [3.05, 3.63) is 71.4 Å². The Morgan fingerprint density at radius 3 is 2.28 bits per heavy atom. The maximum Gasteiger partial charge on any atom is 0.410 e. The average molecular weight is 694 g/mol. The maximum absolute atomic E-state index is 16.4. The van der Waals surface area contributed by atoms with Gasteiger partial charge in [-0.25, -0.2) is 32.9 Å². The number of piperazine rings is 1. The van der Waals surface area contributed by atoms with Crippen molar-refractivity contribution in [3.63, 3.8) is 0 Å². The second-order valence-electron chi connectivity index (χ2n) is 11.6. The molecule has 4 aromatic rings. The molecule has 2 aromatic carbocycles. The highest BCUT2D eigenvalue weighted by atomic mass is 35.5. The minimum atomic E-state index is -3.31. The van der Waals surface area contributed by atoms with Gasteiger partial charge in [0.15, 0.2) is 22.6 Å². The van der Waals surface area contributed by atoms with Gasteiger partial charge in [0, 0.05) is 36.9 Å². The number of carbonyl (C=O) groups excluding carboxylic acids is 1. The zero-order valence-electron chi connectivity index (χ0n) is 25.3. The molecule has 46 heavy (non-hydrogen) atoms. The van der Waals surface area contributed by atoms with Crippen LogP contribution in [0.2, 0.25) is 5.28 Å². The largest absolute Gasteiger partial charge is 0.755 e. The van der Waals surface area contributed by atoms with E-state index in [-0.39, 0.29) is 32.9 Å². The van der Waals surface area contributed by atoms with Crippen LogP contribution in [0.1, 0.15) is 34.6 Å². The molecule has 1 aliphatic rings. The van der Waals surface area contributed by atoms with Crippen molar-refractivity contribution in [3.8, 4) is 21.8 Å². The number of aromatic nitrogens is 3. The number of anilines is 3. The predicted molar refractivity (Wildman–Crippen MR) is 170 cm³/mol. The summed E-state index contributed by atoms with van der Waals surface area (Å²) in [6.07, 6.45) is 0.988. The Hall–Kier alpha value is -3.79. The number of thiazole rings is 1. The molecule has 16 heteroatoms. The summed E-state index contributed by atoms with van der Waals surface area (Å²) in [5, 5.41) is 0.404. The fourth-order valence-corrected chi connectivity index (χ4v) is 7.26. The quantitative estimate of drug-likeness (QED) is 0.155. The number of carbonyl (C=O) groups is 1. The molecule has 0 radical (unpaired) electrons. The van der Waals surface area contributed by atoms with Gasteiger partial charge in [0.2, 0.25) is 5.28 Å². The molecule has 0 N–H and O–H groups in total. The highest BCUT2D eigenvalue weighted by Crippen LogP contribution is 2.44. The van der Waals surface area contributed by atoms with E-state index in [2.05, 4.69) is 9.97 Å². The summed E-state index contributed by atoms with van der Waals surface area (Å²) < 4.78 is 76.3. The van der Waals surface area contributed by atoms with Crippen LogP contribution in [0.25, 0.3) is 21.8 Å².